The third-order valence-electron chi connectivity index (χ3n) is 5.84. The molecule has 0 saturated heterocycles. The zero-order valence-corrected chi connectivity index (χ0v) is 22.5. The summed E-state index contributed by atoms with van der Waals surface area (Å²) in [7, 11) is 0.768. The SMILES string of the molecule is Cc1cc(C(/C=C(\F)c2ccc(C(=O)N[C@H](C)C(=O)N(C)CC(F)(F)F)c(C(F)(F)F)c2)C(F)(F)F)cc(C)c1Cl. The molecule has 4 nitrogen and oxygen atoms in total. The van der Waals surface area contributed by atoms with Crippen molar-refractivity contribution in [1.82, 2.24) is 10.2 Å². The summed E-state index contributed by atoms with van der Waals surface area (Å²) in [5.41, 5.74) is -3.70. The van der Waals surface area contributed by atoms with Gasteiger partial charge in [-0.15, -0.1) is 0 Å². The summed E-state index contributed by atoms with van der Waals surface area (Å²) < 4.78 is 136. The number of hydrogen-bond donors (Lipinski definition) is 1. The molecule has 0 saturated carbocycles. The number of likely N-dealkylation sites (N-methyl/N-ethyl adjacent to an activating group) is 1. The largest absolute Gasteiger partial charge is 0.417 e. The van der Waals surface area contributed by atoms with E-state index in [1.54, 1.807) is 0 Å². The number of hydrogen-bond acceptors (Lipinski definition) is 2. The van der Waals surface area contributed by atoms with Gasteiger partial charge in [0, 0.05) is 17.6 Å². The second-order valence-corrected chi connectivity index (χ2v) is 9.64. The van der Waals surface area contributed by atoms with Crippen molar-refractivity contribution >= 4 is 29.2 Å². The predicted molar refractivity (Wildman–Crippen MR) is 131 cm³/mol. The summed E-state index contributed by atoms with van der Waals surface area (Å²) in [5.74, 6) is -7.03. The lowest BCUT2D eigenvalue weighted by atomic mass is 9.93. The van der Waals surface area contributed by atoms with Crippen LogP contribution in [0.15, 0.2) is 36.4 Å². The van der Waals surface area contributed by atoms with Gasteiger partial charge in [0.2, 0.25) is 5.91 Å². The van der Waals surface area contributed by atoms with Crippen LogP contribution in [0.5, 0.6) is 0 Å². The molecule has 0 aromatic heterocycles. The highest BCUT2D eigenvalue weighted by molar-refractivity contribution is 6.32. The highest BCUT2D eigenvalue weighted by atomic mass is 35.5. The number of amides is 2. The van der Waals surface area contributed by atoms with Crippen LogP contribution in [0, 0.1) is 13.8 Å². The molecule has 41 heavy (non-hydrogen) atoms. The van der Waals surface area contributed by atoms with Crippen LogP contribution in [0.4, 0.5) is 43.9 Å². The minimum Gasteiger partial charge on any atom is -0.341 e. The number of carbonyl (C=O) groups is 2. The Labute approximate surface area is 232 Å². The van der Waals surface area contributed by atoms with Gasteiger partial charge in [-0.1, -0.05) is 29.8 Å². The summed E-state index contributed by atoms with van der Waals surface area (Å²) in [4.78, 5) is 24.8. The Morgan fingerprint density at radius 3 is 1.98 bits per heavy atom. The summed E-state index contributed by atoms with van der Waals surface area (Å²) >= 11 is 5.98. The summed E-state index contributed by atoms with van der Waals surface area (Å²) in [6.07, 6.45) is -15.0. The minimum absolute atomic E-state index is 0.0918. The van der Waals surface area contributed by atoms with E-state index in [1.165, 1.54) is 13.8 Å². The zero-order valence-electron chi connectivity index (χ0n) is 21.7. The molecule has 0 radical (unpaired) electrons. The van der Waals surface area contributed by atoms with Gasteiger partial charge in [-0.05, 0) is 55.7 Å². The molecule has 2 amide bonds. The number of nitrogens with zero attached hydrogens (tertiary/aromatic N) is 1. The van der Waals surface area contributed by atoms with E-state index in [9.17, 15) is 49.1 Å². The topological polar surface area (TPSA) is 49.4 Å². The van der Waals surface area contributed by atoms with E-state index in [0.29, 0.717) is 12.1 Å². The van der Waals surface area contributed by atoms with E-state index in [1.807, 2.05) is 5.32 Å². The molecule has 0 aliphatic rings. The molecule has 1 N–H and O–H groups in total. The quantitative estimate of drug-likeness (QED) is 0.322. The van der Waals surface area contributed by atoms with Crippen LogP contribution in [0.25, 0.3) is 5.83 Å². The fourth-order valence-electron chi connectivity index (χ4n) is 3.92. The molecule has 2 aromatic rings. The monoisotopic (exact) mass is 620 g/mol. The van der Waals surface area contributed by atoms with Gasteiger partial charge in [0.15, 0.2) is 0 Å². The Bertz CT molecular complexity index is 1310. The van der Waals surface area contributed by atoms with Crippen molar-refractivity contribution in [3.8, 4) is 0 Å². The van der Waals surface area contributed by atoms with Crippen molar-refractivity contribution in [2.75, 3.05) is 13.6 Å². The van der Waals surface area contributed by atoms with Gasteiger partial charge in [0.1, 0.15) is 24.3 Å². The van der Waals surface area contributed by atoms with Gasteiger partial charge in [0.05, 0.1) is 11.1 Å². The number of benzene rings is 2. The summed E-state index contributed by atoms with van der Waals surface area (Å²) in [6, 6.07) is 1.68. The van der Waals surface area contributed by atoms with Crippen molar-refractivity contribution in [2.45, 2.75) is 51.3 Å². The molecule has 0 bridgehead atoms. The van der Waals surface area contributed by atoms with Crippen LogP contribution in [-0.4, -0.2) is 48.7 Å². The van der Waals surface area contributed by atoms with Gasteiger partial charge < -0.3 is 10.2 Å². The number of alkyl halides is 9. The third-order valence-corrected chi connectivity index (χ3v) is 6.44. The fraction of sp³-hybridized carbons (Fsp3) is 0.385. The average molecular weight is 621 g/mol. The molecular formula is C26H23ClF10N2O2. The van der Waals surface area contributed by atoms with E-state index in [-0.39, 0.29) is 33.2 Å². The van der Waals surface area contributed by atoms with Crippen molar-refractivity contribution < 1.29 is 53.5 Å². The molecule has 15 heteroatoms. The molecule has 0 aliphatic heterocycles. The lowest BCUT2D eigenvalue weighted by Crippen LogP contribution is -2.48. The Kier molecular flexibility index (Phi) is 10.2. The van der Waals surface area contributed by atoms with E-state index in [0.717, 1.165) is 26.1 Å². The maximum absolute atomic E-state index is 15.0. The molecule has 0 fully saturated rings. The Morgan fingerprint density at radius 1 is 0.976 bits per heavy atom. The molecule has 2 rings (SSSR count). The molecule has 2 aromatic carbocycles. The smallest absolute Gasteiger partial charge is 0.341 e. The van der Waals surface area contributed by atoms with Gasteiger partial charge >= 0.3 is 18.5 Å². The van der Waals surface area contributed by atoms with Crippen molar-refractivity contribution in [1.29, 1.82) is 0 Å². The van der Waals surface area contributed by atoms with Crippen molar-refractivity contribution in [3.63, 3.8) is 0 Å². The Morgan fingerprint density at radius 2 is 1.51 bits per heavy atom. The molecule has 0 heterocycles. The van der Waals surface area contributed by atoms with Gasteiger partial charge in [-0.3, -0.25) is 9.59 Å². The summed E-state index contributed by atoms with van der Waals surface area (Å²) in [6.45, 7) is 2.10. The third kappa shape index (κ3) is 8.85. The molecule has 0 spiro atoms. The molecule has 226 valence electrons. The average Bonchev–Trinajstić information content (AvgIpc) is 2.82. The maximum atomic E-state index is 15.0. The van der Waals surface area contributed by atoms with Crippen LogP contribution in [0.2, 0.25) is 5.02 Å². The van der Waals surface area contributed by atoms with Crippen molar-refractivity contribution in [2.24, 2.45) is 0 Å². The van der Waals surface area contributed by atoms with E-state index >= 15 is 4.39 Å². The van der Waals surface area contributed by atoms with Crippen LogP contribution in [-0.2, 0) is 11.0 Å². The first-order valence-corrected chi connectivity index (χ1v) is 12.0. The highest BCUT2D eigenvalue weighted by Gasteiger charge is 2.41. The number of rotatable bonds is 7. The normalized spacial score (nSPS) is 14.5. The number of carbonyl (C=O) groups excluding carboxylic acids is 2. The zero-order chi connectivity index (χ0) is 31.7. The standard InChI is InChI=1S/C26H23ClF10N2O2/c1-12-7-16(8-13(2)21(12)27)18(25(32,33)34)10-20(28)15-5-6-17(19(9-15)26(35,36)37)22(40)38-14(3)23(41)39(4)11-24(29,30)31/h5-10,14,18H,11H2,1-4H3,(H,38,40)/b20-10-/t14-,18?/m1/s1. The van der Waals surface area contributed by atoms with Gasteiger partial charge in [-0.25, -0.2) is 4.39 Å². The van der Waals surface area contributed by atoms with Gasteiger partial charge in [-0.2, -0.15) is 39.5 Å². The lowest BCUT2D eigenvalue weighted by molar-refractivity contribution is -0.159. The van der Waals surface area contributed by atoms with Crippen LogP contribution in [0.3, 0.4) is 0 Å². The van der Waals surface area contributed by atoms with E-state index in [2.05, 4.69) is 0 Å². The minimum atomic E-state index is -5.31. The first-order chi connectivity index (χ1) is 18.5. The number of halogens is 11. The molecule has 0 aliphatic carbocycles. The summed E-state index contributed by atoms with van der Waals surface area (Å²) in [5, 5.41) is 2.03. The van der Waals surface area contributed by atoms with E-state index < -0.39 is 76.9 Å². The maximum Gasteiger partial charge on any atom is 0.417 e. The number of nitrogens with one attached hydrogen (secondary N) is 1. The van der Waals surface area contributed by atoms with Crippen LogP contribution in [0.1, 0.15) is 51.0 Å². The molecular weight excluding hydrogens is 598 g/mol. The number of allylic oxidation sites excluding steroid dienone is 1. The van der Waals surface area contributed by atoms with Crippen LogP contribution >= 0.6 is 11.6 Å². The second-order valence-electron chi connectivity index (χ2n) is 9.27. The Hall–Kier alpha value is -3.29. The lowest BCUT2D eigenvalue weighted by Gasteiger charge is -2.23. The van der Waals surface area contributed by atoms with Gasteiger partial charge in [0.25, 0.3) is 5.91 Å². The van der Waals surface area contributed by atoms with Crippen LogP contribution < -0.4 is 5.32 Å². The predicted octanol–water partition coefficient (Wildman–Crippen LogP) is 7.77. The second kappa shape index (κ2) is 12.3. The number of aryl methyl sites for hydroxylation is 2. The first-order valence-electron chi connectivity index (χ1n) is 11.6. The highest BCUT2D eigenvalue weighted by Crippen LogP contribution is 2.41. The van der Waals surface area contributed by atoms with E-state index in [4.69, 9.17) is 11.6 Å². The Balaban J connectivity index is 2.47. The molecule has 1 unspecified atom stereocenters. The fourth-order valence-corrected chi connectivity index (χ4v) is 4.03. The molecule has 2 atom stereocenters. The van der Waals surface area contributed by atoms with Crippen molar-refractivity contribution in [3.05, 3.63) is 74.8 Å². The first kappa shape index (κ1) is 33.9.